The van der Waals surface area contributed by atoms with Gasteiger partial charge in [-0.05, 0) is 29.5 Å². The summed E-state index contributed by atoms with van der Waals surface area (Å²) < 4.78 is 26.8. The van der Waals surface area contributed by atoms with E-state index in [0.29, 0.717) is 5.56 Å². The SMILES string of the molecule is Cc1ccc(C(C)(C)C)cc1S(=O)(=O)NCC(O)C(N)=O. The first-order valence-electron chi connectivity index (χ1n) is 6.53. The normalized spacial score (nSPS) is 14.0. The lowest BCUT2D eigenvalue weighted by Crippen LogP contribution is -2.40. The van der Waals surface area contributed by atoms with Crippen LogP contribution in [-0.4, -0.2) is 32.1 Å². The smallest absolute Gasteiger partial charge is 0.247 e. The molecule has 0 saturated heterocycles. The minimum absolute atomic E-state index is 0.131. The van der Waals surface area contributed by atoms with Crippen molar-refractivity contribution >= 4 is 15.9 Å². The van der Waals surface area contributed by atoms with E-state index in [1.54, 1.807) is 19.1 Å². The van der Waals surface area contributed by atoms with E-state index in [2.05, 4.69) is 4.72 Å². The van der Waals surface area contributed by atoms with E-state index >= 15 is 0 Å². The van der Waals surface area contributed by atoms with Gasteiger partial charge in [0.15, 0.2) is 0 Å². The topological polar surface area (TPSA) is 109 Å². The fourth-order valence-corrected chi connectivity index (χ4v) is 3.03. The van der Waals surface area contributed by atoms with Gasteiger partial charge in [0.1, 0.15) is 6.10 Å². The average molecular weight is 314 g/mol. The molecule has 4 N–H and O–H groups in total. The van der Waals surface area contributed by atoms with Crippen LogP contribution in [0.4, 0.5) is 0 Å². The van der Waals surface area contributed by atoms with Crippen LogP contribution in [-0.2, 0) is 20.2 Å². The number of carbonyl (C=O) groups is 1. The molecule has 1 aromatic rings. The predicted octanol–water partition coefficient (Wildman–Crippen LogP) is 0.417. The Hall–Kier alpha value is -1.44. The molecular formula is C14H22N2O4S. The van der Waals surface area contributed by atoms with Gasteiger partial charge < -0.3 is 10.8 Å². The monoisotopic (exact) mass is 314 g/mol. The quantitative estimate of drug-likeness (QED) is 0.731. The number of amides is 1. The Morgan fingerprint density at radius 2 is 1.95 bits per heavy atom. The van der Waals surface area contributed by atoms with Crippen molar-refractivity contribution in [3.8, 4) is 0 Å². The van der Waals surface area contributed by atoms with E-state index in [9.17, 15) is 18.3 Å². The molecule has 0 radical (unpaired) electrons. The zero-order valence-corrected chi connectivity index (χ0v) is 13.5. The van der Waals surface area contributed by atoms with Gasteiger partial charge in [-0.3, -0.25) is 4.79 Å². The van der Waals surface area contributed by atoms with Gasteiger partial charge in [0.25, 0.3) is 0 Å². The Bertz CT molecular complexity index is 633. The molecule has 1 atom stereocenters. The molecule has 0 aliphatic carbocycles. The van der Waals surface area contributed by atoms with Gasteiger partial charge in [0.05, 0.1) is 4.90 Å². The number of benzene rings is 1. The molecule has 0 spiro atoms. The van der Waals surface area contributed by atoms with E-state index < -0.39 is 28.6 Å². The van der Waals surface area contributed by atoms with E-state index in [-0.39, 0.29) is 10.3 Å². The van der Waals surface area contributed by atoms with Crippen LogP contribution in [0, 0.1) is 6.92 Å². The highest BCUT2D eigenvalue weighted by atomic mass is 32.2. The number of aliphatic hydroxyl groups is 1. The number of primary amides is 1. The molecule has 0 heterocycles. The Morgan fingerprint density at radius 3 is 2.43 bits per heavy atom. The minimum atomic E-state index is -3.82. The second kappa shape index (κ2) is 6.13. The first kappa shape index (κ1) is 17.6. The third kappa shape index (κ3) is 4.52. The number of carbonyl (C=O) groups excluding carboxylic acids is 1. The summed E-state index contributed by atoms with van der Waals surface area (Å²) in [5.41, 5.74) is 6.17. The number of hydrogen-bond acceptors (Lipinski definition) is 4. The largest absolute Gasteiger partial charge is 0.382 e. The fraction of sp³-hybridized carbons (Fsp3) is 0.500. The van der Waals surface area contributed by atoms with E-state index in [1.165, 1.54) is 0 Å². The third-order valence-electron chi connectivity index (χ3n) is 3.14. The highest BCUT2D eigenvalue weighted by molar-refractivity contribution is 7.89. The molecule has 1 aromatic carbocycles. The summed E-state index contributed by atoms with van der Waals surface area (Å²) in [7, 11) is -3.82. The van der Waals surface area contributed by atoms with Crippen LogP contribution in [0.3, 0.4) is 0 Å². The Labute approximate surface area is 125 Å². The minimum Gasteiger partial charge on any atom is -0.382 e. The lowest BCUT2D eigenvalue weighted by atomic mass is 9.87. The van der Waals surface area contributed by atoms with Crippen LogP contribution >= 0.6 is 0 Å². The molecular weight excluding hydrogens is 292 g/mol. The maximum Gasteiger partial charge on any atom is 0.247 e. The summed E-state index contributed by atoms with van der Waals surface area (Å²) in [6, 6.07) is 5.22. The number of sulfonamides is 1. The third-order valence-corrected chi connectivity index (χ3v) is 4.70. The number of aliphatic hydroxyl groups excluding tert-OH is 1. The van der Waals surface area contributed by atoms with E-state index in [4.69, 9.17) is 5.73 Å². The van der Waals surface area contributed by atoms with Crippen molar-refractivity contribution in [1.82, 2.24) is 4.72 Å². The highest BCUT2D eigenvalue weighted by Crippen LogP contribution is 2.26. The average Bonchev–Trinajstić information content (AvgIpc) is 2.34. The van der Waals surface area contributed by atoms with Crippen molar-refractivity contribution in [3.05, 3.63) is 29.3 Å². The van der Waals surface area contributed by atoms with Crippen LogP contribution in [0.15, 0.2) is 23.1 Å². The van der Waals surface area contributed by atoms with E-state index in [0.717, 1.165) is 5.56 Å². The lowest BCUT2D eigenvalue weighted by molar-refractivity contribution is -0.125. The maximum absolute atomic E-state index is 12.3. The number of hydrogen-bond donors (Lipinski definition) is 3. The molecule has 0 aliphatic heterocycles. The van der Waals surface area contributed by atoms with Crippen molar-refractivity contribution in [1.29, 1.82) is 0 Å². The summed E-state index contributed by atoms with van der Waals surface area (Å²) in [6.45, 7) is 7.19. The summed E-state index contributed by atoms with van der Waals surface area (Å²) >= 11 is 0. The zero-order valence-electron chi connectivity index (χ0n) is 12.7. The Balaban J connectivity index is 3.11. The molecule has 6 nitrogen and oxygen atoms in total. The van der Waals surface area contributed by atoms with Crippen molar-refractivity contribution < 1.29 is 18.3 Å². The van der Waals surface area contributed by atoms with Gasteiger partial charge >= 0.3 is 0 Å². The molecule has 1 unspecified atom stereocenters. The molecule has 1 rings (SSSR count). The van der Waals surface area contributed by atoms with Gasteiger partial charge in [-0.2, -0.15) is 0 Å². The molecule has 0 aliphatic rings. The van der Waals surface area contributed by atoms with Gasteiger partial charge in [-0.25, -0.2) is 13.1 Å². The van der Waals surface area contributed by atoms with E-state index in [1.807, 2.05) is 26.8 Å². The van der Waals surface area contributed by atoms with Crippen LogP contribution in [0.25, 0.3) is 0 Å². The van der Waals surface area contributed by atoms with Gasteiger partial charge in [-0.1, -0.05) is 32.9 Å². The molecule has 0 saturated carbocycles. The van der Waals surface area contributed by atoms with Gasteiger partial charge in [-0.15, -0.1) is 0 Å². The van der Waals surface area contributed by atoms with Crippen LogP contribution in [0.1, 0.15) is 31.9 Å². The van der Waals surface area contributed by atoms with Gasteiger partial charge in [0, 0.05) is 6.54 Å². The second-order valence-electron chi connectivity index (χ2n) is 6.00. The standard InChI is InChI=1S/C14H22N2O4S/c1-9-5-6-10(14(2,3)4)7-12(9)21(19,20)16-8-11(17)13(15)18/h5-7,11,16-17H,8H2,1-4H3,(H2,15,18). The van der Waals surface area contributed by atoms with Gasteiger partial charge in [0.2, 0.25) is 15.9 Å². The summed E-state index contributed by atoms with van der Waals surface area (Å²) in [5.74, 6) is -0.974. The molecule has 21 heavy (non-hydrogen) atoms. The molecule has 118 valence electrons. The first-order valence-corrected chi connectivity index (χ1v) is 8.01. The fourth-order valence-electron chi connectivity index (χ4n) is 1.72. The zero-order chi connectivity index (χ0) is 16.4. The second-order valence-corrected chi connectivity index (χ2v) is 7.74. The molecule has 0 fully saturated rings. The maximum atomic E-state index is 12.3. The number of rotatable bonds is 5. The van der Waals surface area contributed by atoms with Crippen LogP contribution in [0.5, 0.6) is 0 Å². The van der Waals surface area contributed by atoms with Crippen molar-refractivity contribution in [2.24, 2.45) is 5.73 Å². The highest BCUT2D eigenvalue weighted by Gasteiger charge is 2.23. The predicted molar refractivity (Wildman–Crippen MR) is 80.3 cm³/mol. The summed E-state index contributed by atoms with van der Waals surface area (Å²) in [5, 5.41) is 9.29. The molecule has 7 heteroatoms. The summed E-state index contributed by atoms with van der Waals surface area (Å²) in [4.78, 5) is 10.9. The molecule has 0 bridgehead atoms. The lowest BCUT2D eigenvalue weighted by Gasteiger charge is -2.21. The Morgan fingerprint density at radius 1 is 1.38 bits per heavy atom. The number of nitrogens with one attached hydrogen (secondary N) is 1. The molecule has 1 amide bonds. The number of aryl methyl sites for hydroxylation is 1. The first-order chi connectivity index (χ1) is 9.45. The van der Waals surface area contributed by atoms with Crippen molar-refractivity contribution in [2.75, 3.05) is 6.54 Å². The van der Waals surface area contributed by atoms with Crippen LogP contribution in [0.2, 0.25) is 0 Å². The Kier molecular flexibility index (Phi) is 5.14. The summed E-state index contributed by atoms with van der Waals surface area (Å²) in [6.07, 6.45) is -1.55. The van der Waals surface area contributed by atoms with Crippen LogP contribution < -0.4 is 10.5 Å². The number of nitrogens with two attached hydrogens (primary N) is 1. The molecule has 0 aromatic heterocycles. The van der Waals surface area contributed by atoms with Crippen molar-refractivity contribution in [2.45, 2.75) is 44.1 Å². The van der Waals surface area contributed by atoms with Crippen molar-refractivity contribution in [3.63, 3.8) is 0 Å².